The highest BCUT2D eigenvalue weighted by atomic mass is 16.3. The average molecular weight is 325 g/mol. The number of aromatic nitrogens is 2. The normalized spacial score (nSPS) is 16.7. The second kappa shape index (κ2) is 5.45. The fraction of sp³-hybridized carbons (Fsp3) is 0.176. The van der Waals surface area contributed by atoms with Crippen LogP contribution in [0.25, 0.3) is 0 Å². The number of furan rings is 1. The van der Waals surface area contributed by atoms with E-state index in [2.05, 4.69) is 10.4 Å². The van der Waals surface area contributed by atoms with Crippen molar-refractivity contribution in [2.24, 2.45) is 0 Å². The molecule has 24 heavy (non-hydrogen) atoms. The molecule has 1 amide bonds. The molecule has 1 aliphatic rings. The first-order valence-corrected chi connectivity index (χ1v) is 7.51. The Kier molecular flexibility index (Phi) is 3.26. The molecule has 3 heterocycles. The number of hydrogen-bond acceptors (Lipinski definition) is 5. The molecule has 2 aromatic heterocycles. The number of carbonyl (C=O) groups excluding carboxylic acids is 1. The van der Waals surface area contributed by atoms with Crippen molar-refractivity contribution in [3.63, 3.8) is 0 Å². The zero-order chi connectivity index (χ0) is 16.7. The number of amides is 1. The number of hydrogen-bond donors (Lipinski definition) is 3. The minimum Gasteiger partial charge on any atom is -0.504 e. The third-order valence-corrected chi connectivity index (χ3v) is 4.18. The highest BCUT2D eigenvalue weighted by Crippen LogP contribution is 2.39. The number of nitrogens with zero attached hydrogens (tertiary/aromatic N) is 2. The molecule has 4 rings (SSSR count). The summed E-state index contributed by atoms with van der Waals surface area (Å²) >= 11 is 0. The standard InChI is InChI=1S/C17H15N3O4/c21-14-4-3-10(6-15(14)22)12-7-16(23)19-17-13(12)8-18-20(17)9-11-2-1-5-24-11/h1-6,8,12,21-22H,7,9H2,(H,19,23)/t12-/m1/s1. The van der Waals surface area contributed by atoms with Gasteiger partial charge in [0.1, 0.15) is 18.1 Å². The van der Waals surface area contributed by atoms with Crippen LogP contribution in [0.1, 0.15) is 29.2 Å². The first kappa shape index (κ1) is 14.4. The second-order valence-corrected chi connectivity index (χ2v) is 5.74. The van der Waals surface area contributed by atoms with Crippen LogP contribution in [0.15, 0.2) is 47.2 Å². The number of benzene rings is 1. The first-order valence-electron chi connectivity index (χ1n) is 7.51. The molecule has 3 aromatic rings. The van der Waals surface area contributed by atoms with Crippen molar-refractivity contribution in [3.8, 4) is 11.5 Å². The molecule has 0 unspecified atom stereocenters. The second-order valence-electron chi connectivity index (χ2n) is 5.74. The van der Waals surface area contributed by atoms with Crippen molar-refractivity contribution in [3.05, 3.63) is 59.7 Å². The molecule has 122 valence electrons. The van der Waals surface area contributed by atoms with Crippen LogP contribution in [-0.2, 0) is 11.3 Å². The van der Waals surface area contributed by atoms with Crippen molar-refractivity contribution in [2.75, 3.05) is 5.32 Å². The van der Waals surface area contributed by atoms with Crippen LogP contribution >= 0.6 is 0 Å². The lowest BCUT2D eigenvalue weighted by molar-refractivity contribution is -0.116. The third-order valence-electron chi connectivity index (χ3n) is 4.18. The van der Waals surface area contributed by atoms with Crippen LogP contribution in [0.3, 0.4) is 0 Å². The van der Waals surface area contributed by atoms with Gasteiger partial charge < -0.3 is 19.9 Å². The van der Waals surface area contributed by atoms with Gasteiger partial charge in [0.05, 0.1) is 12.5 Å². The Bertz CT molecular complexity index is 899. The van der Waals surface area contributed by atoms with Crippen LogP contribution in [0.4, 0.5) is 5.82 Å². The summed E-state index contributed by atoms with van der Waals surface area (Å²) in [5.74, 6) is 0.613. The van der Waals surface area contributed by atoms with Crippen molar-refractivity contribution < 1.29 is 19.4 Å². The van der Waals surface area contributed by atoms with Gasteiger partial charge in [-0.15, -0.1) is 0 Å². The van der Waals surface area contributed by atoms with Gasteiger partial charge >= 0.3 is 0 Å². The van der Waals surface area contributed by atoms with Crippen molar-refractivity contribution in [1.29, 1.82) is 0 Å². The number of phenolic OH excluding ortho intramolecular Hbond substituents is 2. The summed E-state index contributed by atoms with van der Waals surface area (Å²) < 4.78 is 7.01. The molecule has 0 saturated heterocycles. The highest BCUT2D eigenvalue weighted by Gasteiger charge is 2.30. The number of fused-ring (bicyclic) bond motifs is 1. The van der Waals surface area contributed by atoms with Crippen LogP contribution in [0, 0.1) is 0 Å². The van der Waals surface area contributed by atoms with Crippen molar-refractivity contribution in [1.82, 2.24) is 9.78 Å². The Labute approximate surface area is 137 Å². The summed E-state index contributed by atoms with van der Waals surface area (Å²) in [7, 11) is 0. The van der Waals surface area contributed by atoms with Gasteiger partial charge in [0.2, 0.25) is 5.91 Å². The van der Waals surface area contributed by atoms with E-state index < -0.39 is 0 Å². The molecule has 7 heteroatoms. The van der Waals surface area contributed by atoms with E-state index in [1.54, 1.807) is 29.3 Å². The molecule has 0 fully saturated rings. The van der Waals surface area contributed by atoms with Crippen LogP contribution in [-0.4, -0.2) is 25.9 Å². The number of phenols is 2. The van der Waals surface area contributed by atoms with Gasteiger partial charge in [-0.2, -0.15) is 5.10 Å². The lowest BCUT2D eigenvalue weighted by Gasteiger charge is -2.23. The van der Waals surface area contributed by atoms with E-state index >= 15 is 0 Å². The topological polar surface area (TPSA) is 101 Å². The molecule has 0 radical (unpaired) electrons. The zero-order valence-electron chi connectivity index (χ0n) is 12.6. The Morgan fingerprint density at radius 2 is 2.17 bits per heavy atom. The van der Waals surface area contributed by atoms with Crippen LogP contribution in [0.2, 0.25) is 0 Å². The van der Waals surface area contributed by atoms with Crippen molar-refractivity contribution in [2.45, 2.75) is 18.9 Å². The number of anilines is 1. The molecule has 0 spiro atoms. The van der Waals surface area contributed by atoms with E-state index in [4.69, 9.17) is 4.42 Å². The van der Waals surface area contributed by atoms with E-state index in [-0.39, 0.29) is 29.7 Å². The van der Waals surface area contributed by atoms with Gasteiger partial charge in [-0.3, -0.25) is 4.79 Å². The maximum atomic E-state index is 12.1. The van der Waals surface area contributed by atoms with Gasteiger partial charge in [0.25, 0.3) is 0 Å². The fourth-order valence-electron chi connectivity index (χ4n) is 2.99. The quantitative estimate of drug-likeness (QED) is 0.642. The minimum atomic E-state index is -0.231. The summed E-state index contributed by atoms with van der Waals surface area (Å²) in [5, 5.41) is 26.4. The molecular weight excluding hydrogens is 310 g/mol. The fourth-order valence-corrected chi connectivity index (χ4v) is 2.99. The maximum absolute atomic E-state index is 12.1. The Morgan fingerprint density at radius 1 is 1.29 bits per heavy atom. The first-order chi connectivity index (χ1) is 11.6. The monoisotopic (exact) mass is 325 g/mol. The Hall–Kier alpha value is -3.22. The number of rotatable bonds is 3. The predicted molar refractivity (Wildman–Crippen MR) is 84.9 cm³/mol. The number of nitrogens with one attached hydrogen (secondary N) is 1. The van der Waals surface area contributed by atoms with Crippen LogP contribution < -0.4 is 5.32 Å². The summed E-state index contributed by atoms with van der Waals surface area (Å²) in [6.45, 7) is 0.413. The summed E-state index contributed by atoms with van der Waals surface area (Å²) in [4.78, 5) is 12.1. The molecule has 0 bridgehead atoms. The molecule has 1 atom stereocenters. The lowest BCUT2D eigenvalue weighted by atomic mass is 9.87. The van der Waals surface area contributed by atoms with E-state index in [9.17, 15) is 15.0 Å². The zero-order valence-corrected chi connectivity index (χ0v) is 12.6. The summed E-state index contributed by atoms with van der Waals surface area (Å²) in [5.41, 5.74) is 1.62. The van der Waals surface area contributed by atoms with Crippen LogP contribution in [0.5, 0.6) is 11.5 Å². The summed E-state index contributed by atoms with van der Waals surface area (Å²) in [6, 6.07) is 8.24. The minimum absolute atomic E-state index is 0.124. The maximum Gasteiger partial charge on any atom is 0.226 e. The number of aromatic hydroxyl groups is 2. The lowest BCUT2D eigenvalue weighted by Crippen LogP contribution is -2.25. The molecule has 1 aliphatic heterocycles. The van der Waals surface area contributed by atoms with E-state index in [1.165, 1.54) is 12.1 Å². The molecule has 3 N–H and O–H groups in total. The smallest absolute Gasteiger partial charge is 0.226 e. The molecule has 0 saturated carbocycles. The van der Waals surface area contributed by atoms with Gasteiger partial charge in [-0.25, -0.2) is 4.68 Å². The van der Waals surface area contributed by atoms with Gasteiger partial charge in [-0.05, 0) is 29.8 Å². The van der Waals surface area contributed by atoms with E-state index in [1.807, 2.05) is 6.07 Å². The van der Waals surface area contributed by atoms with Gasteiger partial charge in [0, 0.05) is 17.9 Å². The highest BCUT2D eigenvalue weighted by molar-refractivity contribution is 5.94. The largest absolute Gasteiger partial charge is 0.504 e. The average Bonchev–Trinajstić information content (AvgIpc) is 3.20. The SMILES string of the molecule is O=C1C[C@H](c2ccc(O)c(O)c2)c2cnn(Cc3ccco3)c2N1. The number of carbonyl (C=O) groups is 1. The van der Waals surface area contributed by atoms with E-state index in [0.717, 1.165) is 16.9 Å². The summed E-state index contributed by atoms with van der Waals surface area (Å²) in [6.07, 6.45) is 3.56. The van der Waals surface area contributed by atoms with Gasteiger partial charge in [0.15, 0.2) is 11.5 Å². The predicted octanol–water partition coefficient (Wildman–Crippen LogP) is 2.41. The van der Waals surface area contributed by atoms with Crippen molar-refractivity contribution >= 4 is 11.7 Å². The molecule has 7 nitrogen and oxygen atoms in total. The Balaban J connectivity index is 1.73. The Morgan fingerprint density at radius 3 is 2.92 bits per heavy atom. The molecule has 1 aromatic carbocycles. The molecular formula is C17H15N3O4. The van der Waals surface area contributed by atoms with E-state index in [0.29, 0.717) is 12.4 Å². The third kappa shape index (κ3) is 2.40. The van der Waals surface area contributed by atoms with Gasteiger partial charge in [-0.1, -0.05) is 6.07 Å². The molecule has 0 aliphatic carbocycles.